The van der Waals surface area contributed by atoms with Crippen molar-refractivity contribution in [1.29, 1.82) is 0 Å². The highest BCUT2D eigenvalue weighted by molar-refractivity contribution is 5.78. The Hall–Kier alpha value is -2.08. The van der Waals surface area contributed by atoms with Gasteiger partial charge in [0.1, 0.15) is 0 Å². The number of likely N-dealkylation sites (tertiary alicyclic amines) is 1. The molecule has 1 aromatic rings. The van der Waals surface area contributed by atoms with Gasteiger partial charge in [0.15, 0.2) is 11.5 Å². The van der Waals surface area contributed by atoms with Crippen molar-refractivity contribution in [1.82, 2.24) is 4.90 Å². The molecule has 6 heteroatoms. The number of carbonyl (C=O) groups is 2. The topological polar surface area (TPSA) is 81.9 Å². The molecule has 3 rings (SSSR count). The van der Waals surface area contributed by atoms with Gasteiger partial charge in [0.05, 0.1) is 18.9 Å². The van der Waals surface area contributed by atoms with E-state index in [2.05, 4.69) is 4.90 Å². The molecule has 0 unspecified atom stereocenters. The van der Waals surface area contributed by atoms with E-state index < -0.39 is 0 Å². The van der Waals surface area contributed by atoms with E-state index in [1.807, 2.05) is 12.1 Å². The number of hydrogen-bond donors (Lipinski definition) is 1. The fraction of sp³-hybridized carbons (Fsp3) is 0.556. The molecule has 1 saturated heterocycles. The molecular formula is C18H24N2O4. The number of piperidine rings is 1. The summed E-state index contributed by atoms with van der Waals surface area (Å²) in [6.07, 6.45) is 3.66. The Morgan fingerprint density at radius 1 is 1.21 bits per heavy atom. The molecule has 2 N–H and O–H groups in total. The Bertz CT molecular complexity index is 627. The Kier molecular flexibility index (Phi) is 5.04. The second-order valence-corrected chi connectivity index (χ2v) is 6.66. The van der Waals surface area contributed by atoms with Crippen molar-refractivity contribution in [2.24, 2.45) is 17.6 Å². The molecule has 0 spiro atoms. The van der Waals surface area contributed by atoms with Gasteiger partial charge in [-0.05, 0) is 49.9 Å². The van der Waals surface area contributed by atoms with Crippen LogP contribution < -0.4 is 15.2 Å². The minimum absolute atomic E-state index is 0.0495. The Labute approximate surface area is 141 Å². The number of esters is 1. The maximum Gasteiger partial charge on any atom is 0.314 e. The van der Waals surface area contributed by atoms with Crippen LogP contribution in [0.3, 0.4) is 0 Å². The van der Waals surface area contributed by atoms with E-state index in [1.54, 1.807) is 13.2 Å². The summed E-state index contributed by atoms with van der Waals surface area (Å²) in [6, 6.07) is 5.61. The van der Waals surface area contributed by atoms with Gasteiger partial charge >= 0.3 is 5.97 Å². The number of amides is 1. The van der Waals surface area contributed by atoms with Gasteiger partial charge in [0.25, 0.3) is 0 Å². The number of carbonyl (C=O) groups excluding carboxylic acids is 2. The maximum atomic E-state index is 11.8. The summed E-state index contributed by atoms with van der Waals surface area (Å²) in [5, 5.41) is 0. The lowest BCUT2D eigenvalue weighted by molar-refractivity contribution is -0.135. The summed E-state index contributed by atoms with van der Waals surface area (Å²) >= 11 is 0. The van der Waals surface area contributed by atoms with Crippen LogP contribution in [0.1, 0.15) is 31.2 Å². The van der Waals surface area contributed by atoms with E-state index in [-0.39, 0.29) is 23.7 Å². The molecule has 0 bridgehead atoms. The monoisotopic (exact) mass is 332 g/mol. The molecule has 130 valence electrons. The van der Waals surface area contributed by atoms with Crippen molar-refractivity contribution >= 4 is 11.9 Å². The highest BCUT2D eigenvalue weighted by Crippen LogP contribution is 2.34. The van der Waals surface area contributed by atoms with Crippen LogP contribution in [-0.2, 0) is 16.1 Å². The first kappa shape index (κ1) is 16.8. The molecule has 1 atom stereocenters. The van der Waals surface area contributed by atoms with E-state index in [0.717, 1.165) is 44.3 Å². The fourth-order valence-electron chi connectivity index (χ4n) is 3.09. The lowest BCUT2D eigenvalue weighted by Gasteiger charge is -2.31. The average molecular weight is 332 g/mol. The second kappa shape index (κ2) is 7.21. The third-order valence-electron chi connectivity index (χ3n) is 4.66. The number of hydrogen-bond acceptors (Lipinski definition) is 5. The fourth-order valence-corrected chi connectivity index (χ4v) is 3.09. The van der Waals surface area contributed by atoms with Gasteiger partial charge in [-0.25, -0.2) is 0 Å². The summed E-state index contributed by atoms with van der Waals surface area (Å²) in [4.78, 5) is 25.4. The SMILES string of the molecule is COc1cc(CN2CCC[C@H](C(N)=O)C2)ccc1OC(=O)C1CC1. The minimum Gasteiger partial charge on any atom is -0.493 e. The molecule has 1 aliphatic heterocycles. The summed E-state index contributed by atoms with van der Waals surface area (Å²) in [7, 11) is 1.57. The van der Waals surface area contributed by atoms with Crippen LogP contribution in [0.2, 0.25) is 0 Å². The molecule has 2 fully saturated rings. The van der Waals surface area contributed by atoms with Gasteiger partial charge in [-0.2, -0.15) is 0 Å². The predicted molar refractivity (Wildman–Crippen MR) is 88.5 cm³/mol. The van der Waals surface area contributed by atoms with E-state index in [0.29, 0.717) is 18.0 Å². The Morgan fingerprint density at radius 2 is 2.00 bits per heavy atom. The van der Waals surface area contributed by atoms with Crippen LogP contribution in [0.4, 0.5) is 0 Å². The predicted octanol–water partition coefficient (Wildman–Crippen LogP) is 1.71. The van der Waals surface area contributed by atoms with Crippen molar-refractivity contribution in [3.8, 4) is 11.5 Å². The largest absolute Gasteiger partial charge is 0.493 e. The highest BCUT2D eigenvalue weighted by Gasteiger charge is 2.32. The Morgan fingerprint density at radius 3 is 2.67 bits per heavy atom. The zero-order valence-electron chi connectivity index (χ0n) is 14.0. The molecule has 2 aliphatic rings. The number of ether oxygens (including phenoxy) is 2. The standard InChI is InChI=1S/C18H24N2O4/c1-23-16-9-12(4-7-15(16)24-18(22)13-5-6-13)10-20-8-2-3-14(11-20)17(19)21/h4,7,9,13-14H,2-3,5-6,8,10-11H2,1H3,(H2,19,21)/t14-/m0/s1. The molecule has 1 saturated carbocycles. The van der Waals surface area contributed by atoms with Crippen LogP contribution in [0, 0.1) is 11.8 Å². The van der Waals surface area contributed by atoms with Crippen LogP contribution >= 0.6 is 0 Å². The third-order valence-corrected chi connectivity index (χ3v) is 4.66. The molecule has 1 aliphatic carbocycles. The van der Waals surface area contributed by atoms with Crippen molar-refractivity contribution in [2.75, 3.05) is 20.2 Å². The van der Waals surface area contributed by atoms with Gasteiger partial charge in [-0.15, -0.1) is 0 Å². The smallest absolute Gasteiger partial charge is 0.314 e. The van der Waals surface area contributed by atoms with E-state index in [9.17, 15) is 9.59 Å². The van der Waals surface area contributed by atoms with Crippen LogP contribution in [-0.4, -0.2) is 37.0 Å². The van der Waals surface area contributed by atoms with Gasteiger partial charge in [-0.1, -0.05) is 6.07 Å². The van der Waals surface area contributed by atoms with Gasteiger partial charge in [0.2, 0.25) is 5.91 Å². The number of rotatable bonds is 6. The number of methoxy groups -OCH3 is 1. The average Bonchev–Trinajstić information content (AvgIpc) is 3.41. The Balaban J connectivity index is 1.65. The summed E-state index contributed by atoms with van der Waals surface area (Å²) in [5.74, 6) is 0.602. The number of nitrogens with zero attached hydrogens (tertiary/aromatic N) is 1. The van der Waals surface area contributed by atoms with Crippen molar-refractivity contribution in [3.63, 3.8) is 0 Å². The van der Waals surface area contributed by atoms with Gasteiger partial charge in [0, 0.05) is 13.1 Å². The lowest BCUT2D eigenvalue weighted by Crippen LogP contribution is -2.40. The summed E-state index contributed by atoms with van der Waals surface area (Å²) < 4.78 is 10.8. The van der Waals surface area contributed by atoms with Crippen LogP contribution in [0.5, 0.6) is 11.5 Å². The number of benzene rings is 1. The van der Waals surface area contributed by atoms with Gasteiger partial charge < -0.3 is 15.2 Å². The molecule has 6 nitrogen and oxygen atoms in total. The number of primary amides is 1. The number of nitrogens with two attached hydrogens (primary N) is 1. The van der Waals surface area contributed by atoms with Crippen LogP contribution in [0.15, 0.2) is 18.2 Å². The van der Waals surface area contributed by atoms with Crippen molar-refractivity contribution in [3.05, 3.63) is 23.8 Å². The van der Waals surface area contributed by atoms with E-state index in [4.69, 9.17) is 15.2 Å². The quantitative estimate of drug-likeness (QED) is 0.633. The summed E-state index contributed by atoms with van der Waals surface area (Å²) in [5.41, 5.74) is 6.49. The molecule has 0 radical (unpaired) electrons. The van der Waals surface area contributed by atoms with Crippen molar-refractivity contribution in [2.45, 2.75) is 32.2 Å². The zero-order valence-corrected chi connectivity index (χ0v) is 14.0. The first-order chi connectivity index (χ1) is 11.6. The molecule has 0 aromatic heterocycles. The summed E-state index contributed by atoms with van der Waals surface area (Å²) in [6.45, 7) is 2.36. The molecule has 1 amide bonds. The molecule has 24 heavy (non-hydrogen) atoms. The van der Waals surface area contributed by atoms with Crippen LogP contribution in [0.25, 0.3) is 0 Å². The molecule has 1 aromatic carbocycles. The highest BCUT2D eigenvalue weighted by atomic mass is 16.6. The van der Waals surface area contributed by atoms with E-state index in [1.165, 1.54) is 0 Å². The lowest BCUT2D eigenvalue weighted by atomic mass is 9.97. The minimum atomic E-state index is -0.223. The normalized spacial score (nSPS) is 21.3. The maximum absolute atomic E-state index is 11.8. The zero-order chi connectivity index (χ0) is 17.1. The van der Waals surface area contributed by atoms with Crippen molar-refractivity contribution < 1.29 is 19.1 Å². The first-order valence-corrected chi connectivity index (χ1v) is 8.47. The molecular weight excluding hydrogens is 308 g/mol. The van der Waals surface area contributed by atoms with E-state index >= 15 is 0 Å². The first-order valence-electron chi connectivity index (χ1n) is 8.47. The van der Waals surface area contributed by atoms with Gasteiger partial charge in [-0.3, -0.25) is 14.5 Å². The second-order valence-electron chi connectivity index (χ2n) is 6.66. The molecule has 1 heterocycles. The third kappa shape index (κ3) is 4.06.